The van der Waals surface area contributed by atoms with Gasteiger partial charge in [-0.15, -0.1) is 6.58 Å². The molecule has 0 unspecified atom stereocenters. The van der Waals surface area contributed by atoms with Gasteiger partial charge in [0.25, 0.3) is 47.0 Å². The maximum atomic E-state index is 13.3. The summed E-state index contributed by atoms with van der Waals surface area (Å²) >= 11 is 64.6. The third-order valence-electron chi connectivity index (χ3n) is 17.3. The Morgan fingerprint density at radius 1 is 0.473 bits per heavy atom. The molecule has 0 spiro atoms. The molecule has 0 aromatic heterocycles. The van der Waals surface area contributed by atoms with E-state index in [1.54, 1.807) is 85.9 Å². The lowest BCUT2D eigenvalue weighted by Gasteiger charge is -2.16. The molecule has 6 aliphatic rings. The first-order valence-electron chi connectivity index (χ1n) is 36.1. The molecule has 26 nitrogen and oxygen atoms in total. The van der Waals surface area contributed by atoms with Gasteiger partial charge in [-0.25, -0.2) is 4.39 Å². The molecular formula is C85H58BrCl4FN8O18S12. The second kappa shape index (κ2) is 45.2. The quantitative estimate of drug-likeness (QED) is 0.0121. The molecular weight excluding hydrogens is 2050 g/mol. The Bertz CT molecular complexity index is 6430. The number of amides is 7. The summed E-state index contributed by atoms with van der Waals surface area (Å²) in [6, 6.07) is 44.4. The van der Waals surface area contributed by atoms with E-state index in [4.69, 9.17) is 120 Å². The highest BCUT2D eigenvalue weighted by Gasteiger charge is 2.38. The molecule has 6 saturated heterocycles. The average Bonchev–Trinajstić information content (AvgIpc) is 1.63. The van der Waals surface area contributed by atoms with E-state index in [1.165, 1.54) is 157 Å². The van der Waals surface area contributed by atoms with E-state index in [1.807, 2.05) is 37.3 Å². The number of carbonyl (C=O) groups is 7. The molecule has 0 aliphatic carbocycles. The summed E-state index contributed by atoms with van der Waals surface area (Å²) in [5, 5.41) is 97.5. The molecule has 129 heavy (non-hydrogen) atoms. The molecule has 44 heteroatoms. The SMILES string of the molecule is C=CCN1C(=O)/C(=C/c2cc(Cl)cc(Cl)c2O)SC1=S.CCN1C(=O)/C(=C\c2ccc(O)c(O)c2)SC1=S.CN1C(=O)/C(=C/c2c(Cl)ccc([N+](=O)[O-])c2Cl)SC1=S.O=C(NN1C(=O)/C(=C/c2ccc(O)c(O)c2)SC1=S)c1ccccc1Br.O=C1/C(=C/c2ccc(O)c(O)c2)SC(=S)N1c1cccc(F)c1.O=C1/C(=C\c2ccc(O)c(O)c2)SC(=S)N1c1ccccc1. The number of hydrazine groups is 1. The number of thioether (sulfide) groups is 6. The third-order valence-corrected chi connectivity index (χ3v) is 27.3. The summed E-state index contributed by atoms with van der Waals surface area (Å²) in [5.41, 5.74) is 6.60. The molecule has 660 valence electrons. The zero-order chi connectivity index (χ0) is 94.3. The van der Waals surface area contributed by atoms with Crippen molar-refractivity contribution in [2.75, 3.05) is 29.9 Å². The number of likely N-dealkylation sites (N-methyl/N-ethyl adjacent to an activating group) is 2. The number of nitrogens with zero attached hydrogens (tertiary/aromatic N) is 7. The molecule has 6 aliphatic heterocycles. The molecule has 6 fully saturated rings. The van der Waals surface area contributed by atoms with Gasteiger partial charge in [0.1, 0.15) is 29.6 Å². The Kier molecular flexibility index (Phi) is 35.2. The number of nitro groups is 1. The van der Waals surface area contributed by atoms with Crippen LogP contribution in [0.4, 0.5) is 21.5 Å². The summed E-state index contributed by atoms with van der Waals surface area (Å²) in [6.07, 6.45) is 10.9. The highest BCUT2D eigenvalue weighted by Crippen LogP contribution is 2.44. The van der Waals surface area contributed by atoms with E-state index >= 15 is 0 Å². The van der Waals surface area contributed by atoms with Crippen LogP contribution in [-0.2, 0) is 28.8 Å². The summed E-state index contributed by atoms with van der Waals surface area (Å²) in [6.45, 7) is 6.34. The van der Waals surface area contributed by atoms with Crippen molar-refractivity contribution in [3.05, 3.63) is 297 Å². The lowest BCUT2D eigenvalue weighted by molar-refractivity contribution is -0.384. The average molecular weight is 2100 g/mol. The van der Waals surface area contributed by atoms with E-state index in [-0.39, 0.29) is 117 Å². The number of aromatic hydroxyl groups is 9. The number of nitro benzene ring substituents is 1. The largest absolute Gasteiger partial charge is 0.506 e. The second-order valence-corrected chi connectivity index (χ2v) is 38.4. The van der Waals surface area contributed by atoms with Crippen molar-refractivity contribution in [3.63, 3.8) is 0 Å². The monoisotopic (exact) mass is 2100 g/mol. The normalized spacial score (nSPS) is 16.7. The fraction of sp³-hybridized carbons (Fsp3) is 0.0471. The first kappa shape index (κ1) is 100. The number of para-hydroxylation sites is 1. The Morgan fingerprint density at radius 2 is 0.899 bits per heavy atom. The molecule has 0 saturated carbocycles. The number of hydrogen-bond acceptors (Lipinski definition) is 30. The van der Waals surface area contributed by atoms with Crippen molar-refractivity contribution >= 4 is 327 Å². The zero-order valence-electron chi connectivity index (χ0n) is 65.4. The number of phenols is 9. The topological polar surface area (TPSA) is 376 Å². The minimum atomic E-state index is -0.610. The smallest absolute Gasteiger partial charge is 0.288 e. The van der Waals surface area contributed by atoms with E-state index in [0.717, 1.165) is 57.7 Å². The Labute approximate surface area is 819 Å². The van der Waals surface area contributed by atoms with Crippen LogP contribution in [0.5, 0.6) is 51.7 Å². The van der Waals surface area contributed by atoms with Crippen LogP contribution >= 0.6 is 206 Å². The Balaban J connectivity index is 0.000000162. The standard InChI is InChI=1S/C17H11BrN2O4S2.C16H10FNO3S2.C16H11NO3S2.C13H9Cl2NO2S2.C12H11NO3S2.C11H6Cl2N2O3S2/c18-11-4-2-1-3-10(11)15(23)19-20-16(24)14(26-17(20)25)8-9-5-6-12(21)13(22)7-9;17-10-2-1-3-11(8-10)18-15(21)14(23-16(18)22)7-9-4-5-12(19)13(20)6-9;18-12-7-6-10(8-13(12)19)9-14-15(20)17(16(21)22-14)11-4-2-1-3-5-11;1-2-3-16-12(18)10(20-13(16)19)5-7-4-8(14)6-9(15)11(7)17;1-2-13-11(16)10(18-12(13)17)6-7-3-4-8(14)9(15)5-7;1-14-10(16)8(20-11(14)19)4-5-6(12)2-3-7(9(5)13)15(17)18/h1-8,21-22H,(H,19,23);1-8,19-20H;1-9,18-19H;2,4-6,17H,1,3H2;3-6,14-15H,2H2,1H3;2-4H,1H3/b14-8-;14-7-;14-9+;10-5-;10-6+;8-4-. The second-order valence-electron chi connectivity index (χ2n) is 25.9. The molecule has 10 N–H and O–H groups in total. The van der Waals surface area contributed by atoms with Crippen molar-refractivity contribution in [2.45, 2.75) is 6.92 Å². The van der Waals surface area contributed by atoms with Crippen LogP contribution < -0.4 is 15.2 Å². The van der Waals surface area contributed by atoms with Crippen LogP contribution in [0.2, 0.25) is 20.1 Å². The first-order valence-corrected chi connectivity index (χ1v) is 45.7. The fourth-order valence-electron chi connectivity index (χ4n) is 11.0. The summed E-state index contributed by atoms with van der Waals surface area (Å²) in [5.74, 6) is -4.63. The molecule has 0 atom stereocenters. The fourth-order valence-corrected chi connectivity index (χ4v) is 20.1. The van der Waals surface area contributed by atoms with Gasteiger partial charge in [0.05, 0.1) is 56.3 Å². The lowest BCUT2D eigenvalue weighted by atomic mass is 10.1. The molecule has 9 aromatic rings. The van der Waals surface area contributed by atoms with E-state index in [9.17, 15) is 94.0 Å². The van der Waals surface area contributed by atoms with Crippen LogP contribution in [0.1, 0.15) is 50.7 Å². The highest BCUT2D eigenvalue weighted by molar-refractivity contribution is 9.10. The van der Waals surface area contributed by atoms with E-state index in [0.29, 0.717) is 108 Å². The van der Waals surface area contributed by atoms with Crippen molar-refractivity contribution in [3.8, 4) is 51.7 Å². The van der Waals surface area contributed by atoms with Gasteiger partial charge < -0.3 is 46.0 Å². The number of benzene rings is 9. The van der Waals surface area contributed by atoms with Gasteiger partial charge in [-0.1, -0.05) is 245 Å². The molecule has 15 rings (SSSR count). The predicted molar refractivity (Wildman–Crippen MR) is 538 cm³/mol. The van der Waals surface area contributed by atoms with Gasteiger partial charge in [0, 0.05) is 51.8 Å². The van der Waals surface area contributed by atoms with Crippen molar-refractivity contribution in [1.82, 2.24) is 25.1 Å². The first-order chi connectivity index (χ1) is 61.2. The van der Waals surface area contributed by atoms with Crippen LogP contribution in [0, 0.1) is 15.9 Å². The Morgan fingerprint density at radius 3 is 1.36 bits per heavy atom. The van der Waals surface area contributed by atoms with Crippen LogP contribution in [0.3, 0.4) is 0 Å². The van der Waals surface area contributed by atoms with E-state index in [2.05, 4.69) is 27.9 Å². The summed E-state index contributed by atoms with van der Waals surface area (Å²) in [7, 11) is 1.55. The lowest BCUT2D eigenvalue weighted by Crippen LogP contribution is -2.44. The summed E-state index contributed by atoms with van der Waals surface area (Å²) in [4.78, 5) is 105. The van der Waals surface area contributed by atoms with Gasteiger partial charge in [0.2, 0.25) is 0 Å². The minimum absolute atomic E-state index is 0.108. The molecule has 0 bridgehead atoms. The predicted octanol–water partition coefficient (Wildman–Crippen LogP) is 20.7. The van der Waals surface area contributed by atoms with Crippen LogP contribution in [-0.4, -0.2) is 158 Å². The van der Waals surface area contributed by atoms with Crippen LogP contribution in [0.25, 0.3) is 36.5 Å². The number of nitrogens with one attached hydrogen (secondary N) is 1. The van der Waals surface area contributed by atoms with Crippen molar-refractivity contribution in [2.24, 2.45) is 0 Å². The Hall–Kier alpha value is -10.7. The van der Waals surface area contributed by atoms with E-state index < -0.39 is 22.6 Å². The van der Waals surface area contributed by atoms with Crippen molar-refractivity contribution in [1.29, 1.82) is 0 Å². The number of thiocarbonyl (C=S) groups is 6. The summed E-state index contributed by atoms with van der Waals surface area (Å²) < 4.78 is 16.3. The van der Waals surface area contributed by atoms with Gasteiger partial charge in [-0.2, -0.15) is 5.01 Å². The number of carbonyl (C=O) groups excluding carboxylic acids is 7. The number of anilines is 2. The van der Waals surface area contributed by atoms with Gasteiger partial charge in [0.15, 0.2) is 59.0 Å². The maximum absolute atomic E-state index is 13.3. The number of halogens is 6. The molecule has 7 amide bonds. The highest BCUT2D eigenvalue weighted by atomic mass is 79.9. The van der Waals surface area contributed by atoms with Gasteiger partial charge in [-0.3, -0.25) is 73.6 Å². The number of phenolic OH excluding ortho intramolecular Hbond substituents is 9. The maximum Gasteiger partial charge on any atom is 0.288 e. The number of hydrogen-bond donors (Lipinski definition) is 10. The molecule has 6 heterocycles. The van der Waals surface area contributed by atoms with Crippen LogP contribution in [0.15, 0.2) is 222 Å². The molecule has 9 aromatic carbocycles. The third kappa shape index (κ3) is 25.3. The van der Waals surface area contributed by atoms with Crippen molar-refractivity contribution < 1.29 is 88.8 Å². The zero-order valence-corrected chi connectivity index (χ0v) is 79.8. The number of rotatable bonds is 14. The van der Waals surface area contributed by atoms with Gasteiger partial charge in [-0.05, 0) is 203 Å². The minimum Gasteiger partial charge on any atom is -0.506 e. The molecule has 0 radical (unpaired) electrons. The van der Waals surface area contributed by atoms with Gasteiger partial charge >= 0.3 is 0 Å².